The van der Waals surface area contributed by atoms with Gasteiger partial charge in [0.2, 0.25) is 0 Å². The summed E-state index contributed by atoms with van der Waals surface area (Å²) in [5, 5.41) is 9.48. The minimum absolute atomic E-state index is 0.0184. The van der Waals surface area contributed by atoms with Crippen molar-refractivity contribution in [2.45, 2.75) is 11.8 Å². The summed E-state index contributed by atoms with van der Waals surface area (Å²) in [6.45, 7) is 1.64. The van der Waals surface area contributed by atoms with Gasteiger partial charge in [-0.05, 0) is 13.2 Å². The zero-order chi connectivity index (χ0) is 10.6. The van der Waals surface area contributed by atoms with Crippen molar-refractivity contribution < 1.29 is 9.52 Å². The molecule has 1 aromatic heterocycles. The lowest BCUT2D eigenvalue weighted by Crippen LogP contribution is -2.03. The minimum atomic E-state index is -0.450. The van der Waals surface area contributed by atoms with E-state index in [1.807, 2.05) is 6.26 Å². The first-order chi connectivity index (χ1) is 6.65. The average molecular weight is 232 g/mol. The lowest BCUT2D eigenvalue weighted by Gasteiger charge is -2.02. The van der Waals surface area contributed by atoms with Crippen LogP contribution in [0, 0.1) is 6.92 Å². The Bertz CT molecular complexity index is 360. The van der Waals surface area contributed by atoms with Crippen molar-refractivity contribution >= 4 is 23.5 Å². The first kappa shape index (κ1) is 11.5. The van der Waals surface area contributed by atoms with Gasteiger partial charge in [-0.1, -0.05) is 0 Å². The van der Waals surface area contributed by atoms with E-state index in [-0.39, 0.29) is 5.75 Å². The van der Waals surface area contributed by atoms with E-state index in [0.29, 0.717) is 10.7 Å². The number of aryl methyl sites for hydroxylation is 1. The fourth-order valence-electron chi connectivity index (χ4n) is 0.945. The molecule has 14 heavy (non-hydrogen) atoms. The molecule has 0 saturated heterocycles. The van der Waals surface area contributed by atoms with E-state index in [9.17, 15) is 9.90 Å². The summed E-state index contributed by atoms with van der Waals surface area (Å²) in [6, 6.07) is 1.46. The van der Waals surface area contributed by atoms with Crippen molar-refractivity contribution in [3.8, 4) is 5.75 Å². The van der Waals surface area contributed by atoms with Gasteiger partial charge in [0, 0.05) is 17.6 Å². The van der Waals surface area contributed by atoms with Crippen LogP contribution in [0.25, 0.3) is 0 Å². The second-order valence-electron chi connectivity index (χ2n) is 2.70. The first-order valence-electron chi connectivity index (χ1n) is 4.10. The molecule has 0 bridgehead atoms. The maximum Gasteiger partial charge on any atom is 0.353 e. The van der Waals surface area contributed by atoms with Crippen LogP contribution < -0.4 is 5.63 Å². The molecule has 1 heterocycles. The molecule has 0 aliphatic carbocycles. The van der Waals surface area contributed by atoms with Crippen molar-refractivity contribution in [1.29, 1.82) is 0 Å². The number of aromatic hydroxyl groups is 1. The fraction of sp³-hybridized carbons (Fsp3) is 0.444. The number of thioether (sulfide) groups is 2. The molecule has 1 aromatic rings. The highest BCUT2D eigenvalue weighted by Crippen LogP contribution is 2.25. The van der Waals surface area contributed by atoms with Gasteiger partial charge in [-0.15, -0.1) is 11.8 Å². The van der Waals surface area contributed by atoms with Crippen LogP contribution >= 0.6 is 23.5 Å². The fourth-order valence-corrected chi connectivity index (χ4v) is 2.52. The smallest absolute Gasteiger partial charge is 0.353 e. The molecule has 3 nitrogen and oxygen atoms in total. The summed E-state index contributed by atoms with van der Waals surface area (Å²) in [5.41, 5.74) is -0.450. The molecule has 0 fully saturated rings. The van der Waals surface area contributed by atoms with E-state index in [4.69, 9.17) is 4.42 Å². The third-order valence-corrected chi connectivity index (χ3v) is 3.49. The van der Waals surface area contributed by atoms with Gasteiger partial charge in [-0.2, -0.15) is 11.8 Å². The van der Waals surface area contributed by atoms with E-state index in [0.717, 1.165) is 11.5 Å². The lowest BCUT2D eigenvalue weighted by atomic mass is 10.4. The number of hydrogen-bond acceptors (Lipinski definition) is 5. The van der Waals surface area contributed by atoms with Crippen LogP contribution in [-0.2, 0) is 0 Å². The molecule has 0 atom stereocenters. The van der Waals surface area contributed by atoms with Crippen LogP contribution in [0.3, 0.4) is 0 Å². The normalized spacial score (nSPS) is 10.4. The van der Waals surface area contributed by atoms with Gasteiger partial charge in [0.15, 0.2) is 0 Å². The molecular formula is C9H12O3S2. The highest BCUT2D eigenvalue weighted by molar-refractivity contribution is 8.02. The summed E-state index contributed by atoms with van der Waals surface area (Å²) in [4.78, 5) is 11.6. The molecule has 0 aromatic carbocycles. The molecule has 0 spiro atoms. The SMILES string of the molecule is CSCCSc1c(O)cc(C)oc1=O. The van der Waals surface area contributed by atoms with Crippen molar-refractivity contribution in [1.82, 2.24) is 0 Å². The van der Waals surface area contributed by atoms with E-state index < -0.39 is 5.63 Å². The molecule has 0 saturated carbocycles. The maximum atomic E-state index is 11.3. The zero-order valence-electron chi connectivity index (χ0n) is 8.07. The van der Waals surface area contributed by atoms with E-state index in [1.54, 1.807) is 18.7 Å². The Hall–Kier alpha value is -0.550. The highest BCUT2D eigenvalue weighted by atomic mass is 32.2. The monoisotopic (exact) mass is 232 g/mol. The van der Waals surface area contributed by atoms with Crippen molar-refractivity contribution in [2.75, 3.05) is 17.8 Å². The lowest BCUT2D eigenvalue weighted by molar-refractivity contribution is 0.412. The molecule has 1 N–H and O–H groups in total. The Morgan fingerprint density at radius 1 is 1.50 bits per heavy atom. The van der Waals surface area contributed by atoms with E-state index in [2.05, 4.69) is 0 Å². The van der Waals surface area contributed by atoms with Gasteiger partial charge in [0.1, 0.15) is 16.4 Å². The predicted molar refractivity (Wildman–Crippen MR) is 60.5 cm³/mol. The summed E-state index contributed by atoms with van der Waals surface area (Å²) in [6.07, 6.45) is 2.00. The molecule has 5 heteroatoms. The molecule has 0 unspecified atom stereocenters. The summed E-state index contributed by atoms with van der Waals surface area (Å²) >= 11 is 3.03. The molecule has 0 radical (unpaired) electrons. The Balaban J connectivity index is 2.81. The largest absolute Gasteiger partial charge is 0.506 e. The van der Waals surface area contributed by atoms with Crippen LogP contribution in [-0.4, -0.2) is 22.9 Å². The van der Waals surface area contributed by atoms with E-state index >= 15 is 0 Å². The minimum Gasteiger partial charge on any atom is -0.506 e. The number of rotatable bonds is 4. The topological polar surface area (TPSA) is 50.4 Å². The van der Waals surface area contributed by atoms with Gasteiger partial charge in [-0.3, -0.25) is 0 Å². The predicted octanol–water partition coefficient (Wildman–Crippen LogP) is 2.11. The Morgan fingerprint density at radius 3 is 2.79 bits per heavy atom. The molecule has 0 aliphatic rings. The van der Waals surface area contributed by atoms with E-state index in [1.165, 1.54) is 17.8 Å². The Kier molecular flexibility index (Phi) is 4.41. The molecule has 0 aliphatic heterocycles. The van der Waals surface area contributed by atoms with Crippen molar-refractivity contribution in [2.24, 2.45) is 0 Å². The number of hydrogen-bond donors (Lipinski definition) is 1. The van der Waals surface area contributed by atoms with Crippen LogP contribution in [0.4, 0.5) is 0 Å². The van der Waals surface area contributed by atoms with Gasteiger partial charge in [0.05, 0.1) is 0 Å². The zero-order valence-corrected chi connectivity index (χ0v) is 9.70. The highest BCUT2D eigenvalue weighted by Gasteiger charge is 2.09. The van der Waals surface area contributed by atoms with Crippen molar-refractivity contribution in [3.63, 3.8) is 0 Å². The maximum absolute atomic E-state index is 11.3. The Labute approximate surface area is 90.9 Å². The standard InChI is InChI=1S/C9H12O3S2/c1-6-5-7(10)8(9(11)12-6)14-4-3-13-2/h5,10H,3-4H2,1-2H3. The van der Waals surface area contributed by atoms with Gasteiger partial charge >= 0.3 is 5.63 Å². The average Bonchev–Trinajstić information content (AvgIpc) is 2.09. The third-order valence-electron chi connectivity index (χ3n) is 1.55. The molecule has 78 valence electrons. The van der Waals surface area contributed by atoms with Crippen LogP contribution in [0.2, 0.25) is 0 Å². The van der Waals surface area contributed by atoms with Crippen LogP contribution in [0.5, 0.6) is 5.75 Å². The summed E-state index contributed by atoms with van der Waals surface area (Å²) in [5.74, 6) is 2.19. The van der Waals surface area contributed by atoms with Crippen LogP contribution in [0.1, 0.15) is 5.76 Å². The van der Waals surface area contributed by atoms with Gasteiger partial charge in [0.25, 0.3) is 0 Å². The molecule has 1 rings (SSSR count). The molecular weight excluding hydrogens is 220 g/mol. The molecule has 0 amide bonds. The van der Waals surface area contributed by atoms with Crippen molar-refractivity contribution in [3.05, 3.63) is 22.2 Å². The quantitative estimate of drug-likeness (QED) is 0.636. The Morgan fingerprint density at radius 2 is 2.21 bits per heavy atom. The summed E-state index contributed by atoms with van der Waals surface area (Å²) < 4.78 is 4.88. The van der Waals surface area contributed by atoms with Crippen LogP contribution in [0.15, 0.2) is 20.2 Å². The first-order valence-corrected chi connectivity index (χ1v) is 6.48. The van der Waals surface area contributed by atoms with Gasteiger partial charge < -0.3 is 9.52 Å². The summed E-state index contributed by atoms with van der Waals surface area (Å²) in [7, 11) is 0. The second-order valence-corrected chi connectivity index (χ2v) is 4.79. The van der Waals surface area contributed by atoms with Gasteiger partial charge in [-0.25, -0.2) is 4.79 Å². The second kappa shape index (κ2) is 5.36. The third kappa shape index (κ3) is 2.99.